The monoisotopic (exact) mass is 479 g/mol. The maximum atomic E-state index is 15.3. The van der Waals surface area contributed by atoms with E-state index in [1.165, 1.54) is 0 Å². The van der Waals surface area contributed by atoms with E-state index < -0.39 is 12.0 Å². The van der Waals surface area contributed by atoms with E-state index in [0.29, 0.717) is 53.6 Å². The minimum absolute atomic E-state index is 0.0530. The van der Waals surface area contributed by atoms with Crippen molar-refractivity contribution in [2.75, 3.05) is 19.8 Å². The van der Waals surface area contributed by atoms with Gasteiger partial charge in [-0.05, 0) is 42.3 Å². The molecule has 0 spiro atoms. The molecule has 3 aromatic rings. The quantitative estimate of drug-likeness (QED) is 0.419. The van der Waals surface area contributed by atoms with Crippen molar-refractivity contribution in [2.45, 2.75) is 32.9 Å². The molecule has 0 unspecified atom stereocenters. The maximum Gasteiger partial charge on any atom is 0.307 e. The Kier molecular flexibility index (Phi) is 7.38. The van der Waals surface area contributed by atoms with Crippen LogP contribution in [0.2, 0.25) is 0 Å². The second-order valence-corrected chi connectivity index (χ2v) is 9.42. The van der Waals surface area contributed by atoms with Gasteiger partial charge in [0.2, 0.25) is 0 Å². The van der Waals surface area contributed by atoms with Gasteiger partial charge in [0, 0.05) is 28.1 Å². The lowest BCUT2D eigenvalue weighted by Crippen LogP contribution is -2.44. The predicted octanol–water partition coefficient (Wildman–Crippen LogP) is 5.13. The topological polar surface area (TPSA) is 91.0 Å². The molecule has 35 heavy (non-hydrogen) atoms. The largest absolute Gasteiger partial charge is 0.493 e. The van der Waals surface area contributed by atoms with Gasteiger partial charge < -0.3 is 25.1 Å². The Hall–Kier alpha value is -3.42. The summed E-state index contributed by atoms with van der Waals surface area (Å²) in [7, 11) is 0. The smallest absolute Gasteiger partial charge is 0.307 e. The summed E-state index contributed by atoms with van der Waals surface area (Å²) >= 11 is 0. The summed E-state index contributed by atoms with van der Waals surface area (Å²) in [6, 6.07) is 17.3. The van der Waals surface area contributed by atoms with Gasteiger partial charge >= 0.3 is 5.97 Å². The molecule has 6 nitrogen and oxygen atoms in total. The normalized spacial score (nSPS) is 15.2. The van der Waals surface area contributed by atoms with E-state index >= 15 is 4.39 Å². The Labute approximate surface area is 204 Å². The number of hydrogen-bond donors (Lipinski definition) is 2. The molecule has 0 amide bonds. The number of rotatable bonds is 10. The van der Waals surface area contributed by atoms with Crippen LogP contribution in [0.4, 0.5) is 4.39 Å². The van der Waals surface area contributed by atoms with E-state index in [-0.39, 0.29) is 24.3 Å². The van der Waals surface area contributed by atoms with Crippen LogP contribution in [0.15, 0.2) is 60.7 Å². The van der Waals surface area contributed by atoms with E-state index in [0.717, 1.165) is 5.56 Å². The number of halogens is 1. The Morgan fingerprint density at radius 3 is 2.60 bits per heavy atom. The molecule has 1 aliphatic rings. The fourth-order valence-electron chi connectivity index (χ4n) is 4.01. The SMILES string of the molecule is C[C@@H](N)c1cccc(-c2cc(COc3ccccc3CC(=O)O)cc(OCC3(C)COC3)c2)c1F. The first-order chi connectivity index (χ1) is 16.7. The first-order valence-electron chi connectivity index (χ1n) is 11.6. The van der Waals surface area contributed by atoms with Crippen molar-refractivity contribution in [3.63, 3.8) is 0 Å². The molecular weight excluding hydrogens is 449 g/mol. The van der Waals surface area contributed by atoms with Crippen LogP contribution in [0.5, 0.6) is 11.5 Å². The van der Waals surface area contributed by atoms with Crippen LogP contribution in [0, 0.1) is 11.2 Å². The van der Waals surface area contributed by atoms with Crippen molar-refractivity contribution >= 4 is 5.97 Å². The van der Waals surface area contributed by atoms with Gasteiger partial charge in [-0.25, -0.2) is 4.39 Å². The third-order valence-electron chi connectivity index (χ3n) is 5.99. The summed E-state index contributed by atoms with van der Waals surface area (Å²) < 4.78 is 32.7. The minimum atomic E-state index is -0.934. The summed E-state index contributed by atoms with van der Waals surface area (Å²) in [6.45, 7) is 5.74. The minimum Gasteiger partial charge on any atom is -0.493 e. The van der Waals surface area contributed by atoms with Crippen LogP contribution in [0.1, 0.15) is 36.6 Å². The molecule has 0 saturated carbocycles. The molecule has 4 rings (SSSR count). The van der Waals surface area contributed by atoms with Gasteiger partial charge in [-0.15, -0.1) is 0 Å². The highest BCUT2D eigenvalue weighted by atomic mass is 19.1. The zero-order valence-corrected chi connectivity index (χ0v) is 19.9. The lowest BCUT2D eigenvalue weighted by Gasteiger charge is -2.37. The fourth-order valence-corrected chi connectivity index (χ4v) is 4.01. The standard InChI is InChI=1S/C28H30FNO5/c1-18(30)23-7-5-8-24(27(23)29)21-10-19(11-22(12-21)35-17-28(2)15-33-16-28)14-34-25-9-4-3-6-20(25)13-26(31)32/h3-12,18H,13-17,30H2,1-2H3,(H,31,32)/t18-/m1/s1. The average molecular weight is 480 g/mol. The van der Waals surface area contributed by atoms with E-state index in [9.17, 15) is 9.90 Å². The fraction of sp³-hybridized carbons (Fsp3) is 0.321. The van der Waals surface area contributed by atoms with E-state index in [2.05, 4.69) is 6.92 Å². The number of benzene rings is 3. The molecule has 1 saturated heterocycles. The van der Waals surface area contributed by atoms with Crippen LogP contribution in [0.25, 0.3) is 11.1 Å². The summed E-state index contributed by atoms with van der Waals surface area (Å²) in [5.74, 6) is -0.208. The number of aliphatic carboxylic acids is 1. The average Bonchev–Trinajstić information content (AvgIpc) is 2.80. The lowest BCUT2D eigenvalue weighted by atomic mass is 9.90. The highest BCUT2D eigenvalue weighted by Crippen LogP contribution is 2.33. The van der Waals surface area contributed by atoms with Crippen LogP contribution in [-0.4, -0.2) is 30.9 Å². The molecule has 1 heterocycles. The van der Waals surface area contributed by atoms with Crippen molar-refractivity contribution in [2.24, 2.45) is 11.1 Å². The van der Waals surface area contributed by atoms with Gasteiger partial charge in [0.25, 0.3) is 0 Å². The van der Waals surface area contributed by atoms with Gasteiger partial charge in [0.05, 0.1) is 26.2 Å². The summed E-state index contributed by atoms with van der Waals surface area (Å²) in [5.41, 5.74) is 8.77. The number of carbonyl (C=O) groups is 1. The zero-order valence-electron chi connectivity index (χ0n) is 19.9. The molecule has 0 aliphatic carbocycles. The van der Waals surface area contributed by atoms with Crippen LogP contribution >= 0.6 is 0 Å². The first kappa shape index (κ1) is 24.7. The van der Waals surface area contributed by atoms with Crippen LogP contribution < -0.4 is 15.2 Å². The summed E-state index contributed by atoms with van der Waals surface area (Å²) in [6.07, 6.45) is -0.138. The molecule has 3 N–H and O–H groups in total. The van der Waals surface area contributed by atoms with Gasteiger partial charge in [0.1, 0.15) is 23.9 Å². The highest BCUT2D eigenvalue weighted by molar-refractivity contribution is 5.71. The van der Waals surface area contributed by atoms with Crippen molar-refractivity contribution in [1.82, 2.24) is 0 Å². The second kappa shape index (κ2) is 10.5. The van der Waals surface area contributed by atoms with Gasteiger partial charge in [-0.1, -0.05) is 43.3 Å². The number of ether oxygens (including phenoxy) is 3. The summed E-state index contributed by atoms with van der Waals surface area (Å²) in [5, 5.41) is 9.19. The van der Waals surface area contributed by atoms with Crippen LogP contribution in [0.3, 0.4) is 0 Å². The van der Waals surface area contributed by atoms with Crippen molar-refractivity contribution in [3.05, 3.63) is 83.2 Å². The van der Waals surface area contributed by atoms with Gasteiger partial charge in [0.15, 0.2) is 0 Å². The van der Waals surface area contributed by atoms with Crippen molar-refractivity contribution in [3.8, 4) is 22.6 Å². The molecule has 0 radical (unpaired) electrons. The number of para-hydroxylation sites is 1. The molecule has 0 aromatic heterocycles. The lowest BCUT2D eigenvalue weighted by molar-refractivity contribution is -0.136. The number of carboxylic acid groups (broad SMARTS) is 1. The van der Waals surface area contributed by atoms with Crippen molar-refractivity contribution in [1.29, 1.82) is 0 Å². The van der Waals surface area contributed by atoms with E-state index in [1.807, 2.05) is 18.2 Å². The first-order valence-corrected chi connectivity index (χ1v) is 11.6. The predicted molar refractivity (Wildman–Crippen MR) is 131 cm³/mol. The van der Waals surface area contributed by atoms with E-state index in [1.54, 1.807) is 49.4 Å². The zero-order chi connectivity index (χ0) is 25.0. The number of nitrogens with two attached hydrogens (primary N) is 1. The molecule has 7 heteroatoms. The molecule has 1 fully saturated rings. The molecule has 1 atom stereocenters. The third kappa shape index (κ3) is 5.99. The Morgan fingerprint density at radius 1 is 1.14 bits per heavy atom. The maximum absolute atomic E-state index is 15.3. The molecule has 1 aliphatic heterocycles. The van der Waals surface area contributed by atoms with Crippen molar-refractivity contribution < 1.29 is 28.5 Å². The second-order valence-electron chi connectivity index (χ2n) is 9.42. The number of hydrogen-bond acceptors (Lipinski definition) is 5. The molecular formula is C28H30FNO5. The highest BCUT2D eigenvalue weighted by Gasteiger charge is 2.34. The third-order valence-corrected chi connectivity index (χ3v) is 5.99. The number of carboxylic acids is 1. The van der Waals surface area contributed by atoms with E-state index in [4.69, 9.17) is 19.9 Å². The molecule has 184 valence electrons. The Balaban J connectivity index is 1.64. The Bertz CT molecular complexity index is 1210. The molecule has 0 bridgehead atoms. The summed E-state index contributed by atoms with van der Waals surface area (Å²) in [4.78, 5) is 11.2. The van der Waals surface area contributed by atoms with Gasteiger partial charge in [-0.3, -0.25) is 4.79 Å². The van der Waals surface area contributed by atoms with Crippen LogP contribution in [-0.2, 0) is 22.6 Å². The Morgan fingerprint density at radius 2 is 1.91 bits per heavy atom. The molecule has 3 aromatic carbocycles. The van der Waals surface area contributed by atoms with Gasteiger partial charge in [-0.2, -0.15) is 0 Å².